The number of amides is 3. The molecule has 19 heavy (non-hydrogen) atoms. The van der Waals surface area contributed by atoms with Gasteiger partial charge in [-0.3, -0.25) is 9.48 Å². The van der Waals surface area contributed by atoms with Crippen molar-refractivity contribution in [3.05, 3.63) is 18.0 Å². The molecular formula is C12H21N5O2. The second-order valence-electron chi connectivity index (χ2n) is 4.46. The minimum absolute atomic E-state index is 0.0363. The SMILES string of the molecule is CC[C@H](NC(=O)CNC(=O)N(C)C)c1ccnn1C. The van der Waals surface area contributed by atoms with Crippen LogP contribution in [0, 0.1) is 0 Å². The highest BCUT2D eigenvalue weighted by atomic mass is 16.2. The van der Waals surface area contributed by atoms with E-state index < -0.39 is 0 Å². The van der Waals surface area contributed by atoms with Crippen LogP contribution in [0.5, 0.6) is 0 Å². The largest absolute Gasteiger partial charge is 0.346 e. The lowest BCUT2D eigenvalue weighted by Crippen LogP contribution is -2.42. The molecule has 2 N–H and O–H groups in total. The second kappa shape index (κ2) is 6.77. The van der Waals surface area contributed by atoms with Gasteiger partial charge in [-0.15, -0.1) is 0 Å². The number of aromatic nitrogens is 2. The molecule has 7 nitrogen and oxygen atoms in total. The van der Waals surface area contributed by atoms with E-state index in [9.17, 15) is 9.59 Å². The molecule has 3 amide bonds. The zero-order chi connectivity index (χ0) is 14.4. The Morgan fingerprint density at radius 2 is 2.16 bits per heavy atom. The van der Waals surface area contributed by atoms with Gasteiger partial charge in [0.05, 0.1) is 18.3 Å². The fourth-order valence-electron chi connectivity index (χ4n) is 1.67. The van der Waals surface area contributed by atoms with Gasteiger partial charge in [-0.25, -0.2) is 4.79 Å². The molecule has 0 aliphatic carbocycles. The third-order valence-electron chi connectivity index (χ3n) is 2.77. The van der Waals surface area contributed by atoms with Crippen LogP contribution >= 0.6 is 0 Å². The molecule has 1 aromatic rings. The monoisotopic (exact) mass is 267 g/mol. The Labute approximate surface area is 113 Å². The molecule has 0 aliphatic rings. The van der Waals surface area contributed by atoms with E-state index in [2.05, 4.69) is 15.7 Å². The lowest BCUT2D eigenvalue weighted by Gasteiger charge is -2.18. The Kier molecular flexibility index (Phi) is 5.35. The molecule has 0 aliphatic heterocycles. The molecule has 106 valence electrons. The molecule has 1 aromatic heterocycles. The van der Waals surface area contributed by atoms with Crippen LogP contribution < -0.4 is 10.6 Å². The molecule has 1 rings (SSSR count). The van der Waals surface area contributed by atoms with Crippen LogP contribution in [-0.2, 0) is 11.8 Å². The molecular weight excluding hydrogens is 246 g/mol. The molecule has 0 fully saturated rings. The van der Waals surface area contributed by atoms with Gasteiger partial charge in [0.1, 0.15) is 0 Å². The molecule has 0 saturated carbocycles. The predicted octanol–water partition coefficient (Wildman–Crippen LogP) is 0.259. The Bertz CT molecular complexity index is 441. The summed E-state index contributed by atoms with van der Waals surface area (Å²) in [6.07, 6.45) is 2.45. The number of nitrogens with one attached hydrogen (secondary N) is 2. The van der Waals surface area contributed by atoms with Crippen LogP contribution in [0.1, 0.15) is 25.1 Å². The number of aryl methyl sites for hydroxylation is 1. The van der Waals surface area contributed by atoms with Crippen LogP contribution in [0.3, 0.4) is 0 Å². The van der Waals surface area contributed by atoms with Crippen molar-refractivity contribution in [3.63, 3.8) is 0 Å². The van der Waals surface area contributed by atoms with Crippen molar-refractivity contribution >= 4 is 11.9 Å². The Morgan fingerprint density at radius 3 is 2.63 bits per heavy atom. The van der Waals surface area contributed by atoms with Gasteiger partial charge >= 0.3 is 6.03 Å². The zero-order valence-electron chi connectivity index (χ0n) is 11.8. The Morgan fingerprint density at radius 1 is 1.47 bits per heavy atom. The standard InChI is InChI=1S/C12H21N5O2/c1-5-9(10-6-7-14-17(10)4)15-11(18)8-13-12(19)16(2)3/h6-7,9H,5,8H2,1-4H3,(H,13,19)(H,15,18)/t9-/m0/s1. The minimum atomic E-state index is -0.288. The fourth-order valence-corrected chi connectivity index (χ4v) is 1.67. The van der Waals surface area contributed by atoms with E-state index in [1.807, 2.05) is 20.0 Å². The maximum absolute atomic E-state index is 11.8. The first-order chi connectivity index (χ1) is 8.95. The van der Waals surface area contributed by atoms with Gasteiger partial charge < -0.3 is 15.5 Å². The van der Waals surface area contributed by atoms with Gasteiger partial charge in [-0.2, -0.15) is 5.10 Å². The van der Waals surface area contributed by atoms with Gasteiger partial charge in [-0.1, -0.05) is 6.92 Å². The van der Waals surface area contributed by atoms with E-state index in [4.69, 9.17) is 0 Å². The van der Waals surface area contributed by atoms with Crippen LogP contribution in [0.4, 0.5) is 4.79 Å². The fraction of sp³-hybridized carbons (Fsp3) is 0.583. The molecule has 1 heterocycles. The van der Waals surface area contributed by atoms with Crippen LogP contribution in [0.25, 0.3) is 0 Å². The van der Waals surface area contributed by atoms with Gasteiger partial charge in [0.15, 0.2) is 0 Å². The Hall–Kier alpha value is -2.05. The molecule has 0 spiro atoms. The zero-order valence-corrected chi connectivity index (χ0v) is 11.8. The number of carbonyl (C=O) groups excluding carboxylic acids is 2. The molecule has 1 atom stereocenters. The summed E-state index contributed by atoms with van der Waals surface area (Å²) in [6.45, 7) is 1.95. The van der Waals surface area contributed by atoms with E-state index in [0.717, 1.165) is 12.1 Å². The summed E-state index contributed by atoms with van der Waals surface area (Å²) in [5.74, 6) is -0.219. The molecule has 0 aromatic carbocycles. The summed E-state index contributed by atoms with van der Waals surface area (Å²) in [4.78, 5) is 24.5. The van der Waals surface area contributed by atoms with Crippen molar-refractivity contribution in [2.75, 3.05) is 20.6 Å². The van der Waals surface area contributed by atoms with Crippen molar-refractivity contribution in [3.8, 4) is 0 Å². The minimum Gasteiger partial charge on any atom is -0.346 e. The highest BCUT2D eigenvalue weighted by Crippen LogP contribution is 2.14. The normalized spacial score (nSPS) is 11.8. The topological polar surface area (TPSA) is 79.3 Å². The lowest BCUT2D eigenvalue weighted by atomic mass is 10.1. The number of rotatable bonds is 5. The molecule has 0 bridgehead atoms. The van der Waals surface area contributed by atoms with E-state index in [1.54, 1.807) is 25.0 Å². The smallest absolute Gasteiger partial charge is 0.317 e. The maximum Gasteiger partial charge on any atom is 0.317 e. The second-order valence-corrected chi connectivity index (χ2v) is 4.46. The molecule has 0 unspecified atom stereocenters. The number of hydrogen-bond acceptors (Lipinski definition) is 3. The van der Waals surface area contributed by atoms with Crippen LogP contribution in [0.15, 0.2) is 12.3 Å². The summed E-state index contributed by atoms with van der Waals surface area (Å²) >= 11 is 0. The molecule has 7 heteroatoms. The van der Waals surface area contributed by atoms with Crippen molar-refractivity contribution in [2.45, 2.75) is 19.4 Å². The number of urea groups is 1. The highest BCUT2D eigenvalue weighted by Gasteiger charge is 2.16. The summed E-state index contributed by atoms with van der Waals surface area (Å²) in [7, 11) is 5.08. The van der Waals surface area contributed by atoms with Crippen LogP contribution in [0.2, 0.25) is 0 Å². The van der Waals surface area contributed by atoms with Crippen molar-refractivity contribution in [1.29, 1.82) is 0 Å². The van der Waals surface area contributed by atoms with E-state index >= 15 is 0 Å². The predicted molar refractivity (Wildman–Crippen MR) is 71.5 cm³/mol. The van der Waals surface area contributed by atoms with E-state index in [0.29, 0.717) is 0 Å². The number of nitrogens with zero attached hydrogens (tertiary/aromatic N) is 3. The average molecular weight is 267 g/mol. The highest BCUT2D eigenvalue weighted by molar-refractivity contribution is 5.83. The van der Waals surface area contributed by atoms with Crippen LogP contribution in [-0.4, -0.2) is 47.3 Å². The third kappa shape index (κ3) is 4.27. The third-order valence-corrected chi connectivity index (χ3v) is 2.77. The lowest BCUT2D eigenvalue weighted by molar-refractivity contribution is -0.120. The first-order valence-electron chi connectivity index (χ1n) is 6.18. The summed E-state index contributed by atoms with van der Waals surface area (Å²) in [6, 6.07) is 1.48. The van der Waals surface area contributed by atoms with Crippen molar-refractivity contribution < 1.29 is 9.59 Å². The van der Waals surface area contributed by atoms with Gasteiger partial charge in [0, 0.05) is 27.3 Å². The number of hydrogen-bond donors (Lipinski definition) is 2. The summed E-state index contributed by atoms with van der Waals surface area (Å²) in [5, 5.41) is 9.47. The van der Waals surface area contributed by atoms with Gasteiger partial charge in [0.25, 0.3) is 0 Å². The average Bonchev–Trinajstić information content (AvgIpc) is 2.79. The van der Waals surface area contributed by atoms with E-state index in [-0.39, 0.29) is 24.5 Å². The molecule has 0 saturated heterocycles. The summed E-state index contributed by atoms with van der Waals surface area (Å²) < 4.78 is 1.73. The van der Waals surface area contributed by atoms with Crippen molar-refractivity contribution in [1.82, 2.24) is 25.3 Å². The summed E-state index contributed by atoms with van der Waals surface area (Å²) in [5.41, 5.74) is 0.940. The van der Waals surface area contributed by atoms with Gasteiger partial charge in [-0.05, 0) is 12.5 Å². The maximum atomic E-state index is 11.8. The first-order valence-corrected chi connectivity index (χ1v) is 6.18. The van der Waals surface area contributed by atoms with Crippen molar-refractivity contribution in [2.24, 2.45) is 7.05 Å². The first kappa shape index (κ1) is 15.0. The van der Waals surface area contributed by atoms with Gasteiger partial charge in [0.2, 0.25) is 5.91 Å². The quantitative estimate of drug-likeness (QED) is 0.803. The number of carbonyl (C=O) groups is 2. The molecule has 0 radical (unpaired) electrons. The Balaban J connectivity index is 2.51. The van der Waals surface area contributed by atoms with E-state index in [1.165, 1.54) is 4.90 Å².